The van der Waals surface area contributed by atoms with Gasteiger partial charge in [0.05, 0.1) is 12.2 Å². The van der Waals surface area contributed by atoms with Crippen LogP contribution in [0.2, 0.25) is 0 Å². The molecule has 0 amide bonds. The number of carbonyl (C=O) groups is 1. The molecule has 4 heteroatoms. The van der Waals surface area contributed by atoms with E-state index >= 15 is 0 Å². The molecule has 2 heterocycles. The van der Waals surface area contributed by atoms with E-state index in [0.717, 1.165) is 12.1 Å². The van der Waals surface area contributed by atoms with E-state index in [0.29, 0.717) is 23.7 Å². The third-order valence-electron chi connectivity index (χ3n) is 2.97. The largest absolute Gasteiger partial charge is 0.493 e. The molecule has 96 valence electrons. The van der Waals surface area contributed by atoms with E-state index < -0.39 is 0 Å². The smallest absolute Gasteiger partial charge is 0.203 e. The Kier molecular flexibility index (Phi) is 3.14. The topological polar surface area (TPSA) is 48.4 Å². The molecule has 0 saturated carbocycles. The van der Waals surface area contributed by atoms with E-state index in [2.05, 4.69) is 4.98 Å². The second kappa shape index (κ2) is 5.10. The summed E-state index contributed by atoms with van der Waals surface area (Å²) < 4.78 is 10.9. The van der Waals surface area contributed by atoms with E-state index in [4.69, 9.17) is 9.47 Å². The Labute approximate surface area is 111 Å². The number of rotatable bonds is 4. The Morgan fingerprint density at radius 1 is 1.26 bits per heavy atom. The summed E-state index contributed by atoms with van der Waals surface area (Å²) in [5, 5.41) is 0. The van der Waals surface area contributed by atoms with Crippen molar-refractivity contribution in [3.63, 3.8) is 0 Å². The van der Waals surface area contributed by atoms with Crippen LogP contribution in [0.3, 0.4) is 0 Å². The van der Waals surface area contributed by atoms with Crippen molar-refractivity contribution in [2.24, 2.45) is 0 Å². The van der Waals surface area contributed by atoms with Gasteiger partial charge in [-0.1, -0.05) is 6.07 Å². The SMILES string of the molecule is O=C1COc2cc(OCCc3ccccn3)ccc21. The van der Waals surface area contributed by atoms with Gasteiger partial charge in [-0.15, -0.1) is 0 Å². The highest BCUT2D eigenvalue weighted by atomic mass is 16.5. The average Bonchev–Trinajstić information content (AvgIpc) is 2.81. The molecule has 0 saturated heterocycles. The lowest BCUT2D eigenvalue weighted by atomic mass is 10.1. The molecule has 0 unspecified atom stereocenters. The van der Waals surface area contributed by atoms with Crippen molar-refractivity contribution in [1.29, 1.82) is 0 Å². The van der Waals surface area contributed by atoms with E-state index in [1.165, 1.54) is 0 Å². The Hall–Kier alpha value is -2.36. The van der Waals surface area contributed by atoms with Crippen LogP contribution < -0.4 is 9.47 Å². The van der Waals surface area contributed by atoms with Crippen molar-refractivity contribution in [2.45, 2.75) is 6.42 Å². The maximum absolute atomic E-state index is 11.4. The van der Waals surface area contributed by atoms with Crippen molar-refractivity contribution in [3.8, 4) is 11.5 Å². The molecule has 2 aromatic rings. The highest BCUT2D eigenvalue weighted by Crippen LogP contribution is 2.29. The predicted molar refractivity (Wildman–Crippen MR) is 69.7 cm³/mol. The maximum Gasteiger partial charge on any atom is 0.203 e. The Morgan fingerprint density at radius 3 is 3.05 bits per heavy atom. The molecule has 19 heavy (non-hydrogen) atoms. The molecule has 4 nitrogen and oxygen atoms in total. The fraction of sp³-hybridized carbons (Fsp3) is 0.200. The fourth-order valence-electron chi connectivity index (χ4n) is 1.98. The Morgan fingerprint density at radius 2 is 2.21 bits per heavy atom. The number of ketones is 1. The van der Waals surface area contributed by atoms with Crippen molar-refractivity contribution >= 4 is 5.78 Å². The average molecular weight is 255 g/mol. The molecule has 0 bridgehead atoms. The van der Waals surface area contributed by atoms with E-state index in [-0.39, 0.29) is 12.4 Å². The van der Waals surface area contributed by atoms with Crippen LogP contribution in [0.4, 0.5) is 0 Å². The fourth-order valence-corrected chi connectivity index (χ4v) is 1.98. The first-order valence-corrected chi connectivity index (χ1v) is 6.16. The van der Waals surface area contributed by atoms with Crippen LogP contribution in [0, 0.1) is 0 Å². The van der Waals surface area contributed by atoms with Crippen LogP contribution in [0.1, 0.15) is 16.1 Å². The van der Waals surface area contributed by atoms with Crippen molar-refractivity contribution in [1.82, 2.24) is 4.98 Å². The summed E-state index contributed by atoms with van der Waals surface area (Å²) in [6, 6.07) is 11.1. The standard InChI is InChI=1S/C15H13NO3/c17-14-10-19-15-9-12(4-5-13(14)15)18-8-6-11-3-1-2-7-16-11/h1-5,7,9H,6,8,10H2. The van der Waals surface area contributed by atoms with Gasteiger partial charge < -0.3 is 9.47 Å². The number of pyridine rings is 1. The molecule has 0 fully saturated rings. The number of carbonyl (C=O) groups excluding carboxylic acids is 1. The molecule has 1 aliphatic heterocycles. The molecule has 0 aliphatic carbocycles. The monoisotopic (exact) mass is 255 g/mol. The summed E-state index contributed by atoms with van der Waals surface area (Å²) in [4.78, 5) is 15.6. The van der Waals surface area contributed by atoms with Crippen molar-refractivity contribution in [3.05, 3.63) is 53.9 Å². The van der Waals surface area contributed by atoms with Crippen LogP contribution in [0.15, 0.2) is 42.6 Å². The minimum Gasteiger partial charge on any atom is -0.493 e. The van der Waals surface area contributed by atoms with Gasteiger partial charge in [0.15, 0.2) is 6.61 Å². The summed E-state index contributed by atoms with van der Waals surface area (Å²) >= 11 is 0. The molecule has 1 aliphatic rings. The molecule has 1 aromatic heterocycles. The number of benzene rings is 1. The lowest BCUT2D eigenvalue weighted by Crippen LogP contribution is -2.02. The molecular weight excluding hydrogens is 242 g/mol. The summed E-state index contributed by atoms with van der Waals surface area (Å²) in [7, 11) is 0. The highest BCUT2D eigenvalue weighted by molar-refractivity contribution is 6.02. The third-order valence-corrected chi connectivity index (χ3v) is 2.97. The van der Waals surface area contributed by atoms with Crippen LogP contribution >= 0.6 is 0 Å². The van der Waals surface area contributed by atoms with Gasteiger partial charge in [0.1, 0.15) is 11.5 Å². The summed E-state index contributed by atoms with van der Waals surface area (Å²) in [5.41, 5.74) is 1.63. The lowest BCUT2D eigenvalue weighted by molar-refractivity contribution is 0.0961. The van der Waals surface area contributed by atoms with Gasteiger partial charge >= 0.3 is 0 Å². The number of fused-ring (bicyclic) bond motifs is 1. The molecule has 0 N–H and O–H groups in total. The second-order valence-corrected chi connectivity index (χ2v) is 4.29. The van der Waals surface area contributed by atoms with Gasteiger partial charge in [0, 0.05) is 24.4 Å². The molecule has 1 aromatic carbocycles. The van der Waals surface area contributed by atoms with Gasteiger partial charge in [-0.05, 0) is 24.3 Å². The van der Waals surface area contributed by atoms with Gasteiger partial charge in [0.2, 0.25) is 5.78 Å². The first-order chi connectivity index (χ1) is 9.33. The van der Waals surface area contributed by atoms with Gasteiger partial charge in [-0.2, -0.15) is 0 Å². The number of ether oxygens (including phenoxy) is 2. The molecule has 3 rings (SSSR count). The van der Waals surface area contributed by atoms with E-state index in [9.17, 15) is 4.79 Å². The van der Waals surface area contributed by atoms with Gasteiger partial charge in [-0.3, -0.25) is 9.78 Å². The van der Waals surface area contributed by atoms with Gasteiger partial charge in [0.25, 0.3) is 0 Å². The zero-order valence-corrected chi connectivity index (χ0v) is 10.3. The Bertz CT molecular complexity index is 596. The minimum absolute atomic E-state index is 0.0232. The quantitative estimate of drug-likeness (QED) is 0.841. The lowest BCUT2D eigenvalue weighted by Gasteiger charge is -2.07. The summed E-state index contributed by atoms with van der Waals surface area (Å²) in [6.45, 7) is 0.677. The first-order valence-electron chi connectivity index (χ1n) is 6.16. The number of hydrogen-bond acceptors (Lipinski definition) is 4. The highest BCUT2D eigenvalue weighted by Gasteiger charge is 2.21. The van der Waals surface area contributed by atoms with Crippen LogP contribution in [0.5, 0.6) is 11.5 Å². The normalized spacial score (nSPS) is 12.9. The van der Waals surface area contributed by atoms with Gasteiger partial charge in [-0.25, -0.2) is 0 Å². The molecule has 0 atom stereocenters. The zero-order valence-electron chi connectivity index (χ0n) is 10.3. The predicted octanol–water partition coefficient (Wildman–Crippen LogP) is 2.28. The third kappa shape index (κ3) is 2.57. The minimum atomic E-state index is 0.0232. The molecule has 0 spiro atoms. The Balaban J connectivity index is 1.61. The van der Waals surface area contributed by atoms with E-state index in [1.807, 2.05) is 18.2 Å². The summed E-state index contributed by atoms with van der Waals surface area (Å²) in [6.07, 6.45) is 2.52. The van der Waals surface area contributed by atoms with E-state index in [1.54, 1.807) is 24.4 Å². The van der Waals surface area contributed by atoms with Crippen LogP contribution in [-0.4, -0.2) is 24.0 Å². The van der Waals surface area contributed by atoms with Crippen molar-refractivity contribution < 1.29 is 14.3 Å². The second-order valence-electron chi connectivity index (χ2n) is 4.29. The molecule has 0 radical (unpaired) electrons. The number of aromatic nitrogens is 1. The number of hydrogen-bond donors (Lipinski definition) is 0. The van der Waals surface area contributed by atoms with Crippen LogP contribution in [-0.2, 0) is 6.42 Å². The summed E-state index contributed by atoms with van der Waals surface area (Å²) in [5.74, 6) is 1.35. The first kappa shape index (κ1) is 11.7. The molecular formula is C15H13NO3. The van der Waals surface area contributed by atoms with Crippen molar-refractivity contribution in [2.75, 3.05) is 13.2 Å². The number of Topliss-reactive ketones (excluding diaryl/α,β-unsaturated/α-hetero) is 1. The van der Waals surface area contributed by atoms with Crippen LogP contribution in [0.25, 0.3) is 0 Å². The maximum atomic E-state index is 11.4. The zero-order chi connectivity index (χ0) is 13.1. The number of nitrogens with zero attached hydrogens (tertiary/aromatic N) is 1.